The molecule has 0 aromatic heterocycles. The Morgan fingerprint density at radius 1 is 1.37 bits per heavy atom. The number of hydrogen-bond acceptors (Lipinski definition) is 2. The Bertz CT molecular complexity index is 416. The largest absolute Gasteiger partial charge is 0.350 e. The van der Waals surface area contributed by atoms with Gasteiger partial charge in [-0.05, 0) is 50.4 Å². The summed E-state index contributed by atoms with van der Waals surface area (Å²) in [4.78, 5) is 12.2. The first-order chi connectivity index (χ1) is 8.60. The smallest absolute Gasteiger partial charge is 0.240 e. The summed E-state index contributed by atoms with van der Waals surface area (Å²) in [5.74, 6) is 0.102. The third-order valence-electron chi connectivity index (χ3n) is 3.49. The maximum absolute atomic E-state index is 12.2. The second-order valence-corrected chi connectivity index (χ2v) is 5.94. The monoisotopic (exact) mass is 346 g/mol. The van der Waals surface area contributed by atoms with Crippen LogP contribution in [0.2, 0.25) is 0 Å². The second kappa shape index (κ2) is 7.27. The van der Waals surface area contributed by atoms with Crippen molar-refractivity contribution in [1.29, 1.82) is 0 Å². The number of rotatable bonds is 3. The van der Waals surface area contributed by atoms with E-state index in [1.165, 1.54) is 0 Å². The predicted molar refractivity (Wildman–Crippen MR) is 83.5 cm³/mol. The average Bonchev–Trinajstić information content (AvgIpc) is 2.38. The third kappa shape index (κ3) is 4.48. The molecule has 0 saturated carbocycles. The van der Waals surface area contributed by atoms with E-state index in [-0.39, 0.29) is 18.3 Å². The summed E-state index contributed by atoms with van der Waals surface area (Å²) in [6.45, 7) is 3.51. The Balaban J connectivity index is 0.00000180. The first kappa shape index (κ1) is 16.5. The first-order valence-corrected chi connectivity index (χ1v) is 7.17. The fourth-order valence-electron chi connectivity index (χ4n) is 2.23. The molecule has 3 nitrogen and oxygen atoms in total. The molecule has 0 aliphatic carbocycles. The molecule has 1 saturated heterocycles. The molecular formula is C14H20BrClN2O. The van der Waals surface area contributed by atoms with E-state index in [2.05, 4.69) is 26.6 Å². The fraction of sp³-hybridized carbons (Fsp3) is 0.500. The number of halogens is 2. The van der Waals surface area contributed by atoms with Crippen LogP contribution < -0.4 is 10.6 Å². The van der Waals surface area contributed by atoms with Gasteiger partial charge in [-0.1, -0.05) is 28.1 Å². The lowest BCUT2D eigenvalue weighted by molar-refractivity contribution is -0.128. The molecule has 0 radical (unpaired) electrons. The number of benzene rings is 1. The molecule has 1 unspecified atom stereocenters. The van der Waals surface area contributed by atoms with Gasteiger partial charge in [0.05, 0.1) is 5.54 Å². The van der Waals surface area contributed by atoms with Crippen LogP contribution in [-0.4, -0.2) is 18.0 Å². The standard InChI is InChI=1S/C14H19BrN2O.ClH/c1-14(8-2-3-9-17-14)13(18)16-10-11-4-6-12(15)7-5-11;/h4-7,17H,2-3,8-10H2,1H3,(H,16,18);1H. The second-order valence-electron chi connectivity index (χ2n) is 5.03. The van der Waals surface area contributed by atoms with Gasteiger partial charge in [0.15, 0.2) is 0 Å². The fourth-order valence-corrected chi connectivity index (χ4v) is 2.49. The predicted octanol–water partition coefficient (Wildman–Crippen LogP) is 3.02. The molecule has 2 N–H and O–H groups in total. The number of nitrogens with one attached hydrogen (secondary N) is 2. The van der Waals surface area contributed by atoms with E-state index in [1.807, 2.05) is 31.2 Å². The Morgan fingerprint density at radius 2 is 2.05 bits per heavy atom. The quantitative estimate of drug-likeness (QED) is 0.882. The van der Waals surface area contributed by atoms with Gasteiger partial charge in [0.25, 0.3) is 0 Å². The van der Waals surface area contributed by atoms with Crippen LogP contribution in [0.25, 0.3) is 0 Å². The highest BCUT2D eigenvalue weighted by Gasteiger charge is 2.33. The summed E-state index contributed by atoms with van der Waals surface area (Å²) in [7, 11) is 0. The van der Waals surface area contributed by atoms with Crippen molar-refractivity contribution in [2.45, 2.75) is 38.3 Å². The van der Waals surface area contributed by atoms with Gasteiger partial charge in [0.1, 0.15) is 0 Å². The van der Waals surface area contributed by atoms with E-state index in [0.29, 0.717) is 6.54 Å². The van der Waals surface area contributed by atoms with Crippen LogP contribution in [0.5, 0.6) is 0 Å². The van der Waals surface area contributed by atoms with E-state index in [0.717, 1.165) is 35.8 Å². The molecule has 1 aromatic rings. The molecule has 1 aliphatic heterocycles. The van der Waals surface area contributed by atoms with Crippen LogP contribution in [0, 0.1) is 0 Å². The highest BCUT2D eigenvalue weighted by atomic mass is 79.9. The van der Waals surface area contributed by atoms with Gasteiger partial charge >= 0.3 is 0 Å². The summed E-state index contributed by atoms with van der Waals surface area (Å²) in [6.07, 6.45) is 3.20. The molecule has 1 heterocycles. The van der Waals surface area contributed by atoms with Gasteiger partial charge in [-0.3, -0.25) is 4.79 Å². The average molecular weight is 348 g/mol. The summed E-state index contributed by atoms with van der Waals surface area (Å²) in [6, 6.07) is 8.01. The minimum absolute atomic E-state index is 0. The minimum atomic E-state index is -0.395. The normalized spacial score (nSPS) is 22.4. The maximum atomic E-state index is 12.2. The SMILES string of the molecule is CC1(C(=O)NCc2ccc(Br)cc2)CCCCN1.Cl. The maximum Gasteiger partial charge on any atom is 0.240 e. The Morgan fingerprint density at radius 3 is 2.63 bits per heavy atom. The molecular weight excluding hydrogens is 328 g/mol. The van der Waals surface area contributed by atoms with Gasteiger partial charge in [-0.15, -0.1) is 12.4 Å². The molecule has 2 rings (SSSR count). The molecule has 1 aromatic carbocycles. The molecule has 19 heavy (non-hydrogen) atoms. The number of carbonyl (C=O) groups is 1. The van der Waals surface area contributed by atoms with Crippen molar-refractivity contribution in [2.24, 2.45) is 0 Å². The van der Waals surface area contributed by atoms with Crippen molar-refractivity contribution in [2.75, 3.05) is 6.54 Å². The van der Waals surface area contributed by atoms with Crippen LogP contribution >= 0.6 is 28.3 Å². The lowest BCUT2D eigenvalue weighted by Crippen LogP contribution is -2.56. The van der Waals surface area contributed by atoms with Crippen LogP contribution in [-0.2, 0) is 11.3 Å². The Labute approximate surface area is 129 Å². The van der Waals surface area contributed by atoms with Crippen molar-refractivity contribution in [3.63, 3.8) is 0 Å². The number of amides is 1. The highest BCUT2D eigenvalue weighted by Crippen LogP contribution is 2.19. The van der Waals surface area contributed by atoms with Crippen LogP contribution in [0.1, 0.15) is 31.7 Å². The number of carbonyl (C=O) groups excluding carboxylic acids is 1. The van der Waals surface area contributed by atoms with Gasteiger partial charge < -0.3 is 10.6 Å². The van der Waals surface area contributed by atoms with E-state index >= 15 is 0 Å². The first-order valence-electron chi connectivity index (χ1n) is 6.38. The molecule has 0 spiro atoms. The molecule has 1 amide bonds. The Kier molecular flexibility index (Phi) is 6.30. The third-order valence-corrected chi connectivity index (χ3v) is 4.01. The summed E-state index contributed by atoms with van der Waals surface area (Å²) in [5, 5.41) is 6.33. The Hall–Kier alpha value is -0.580. The van der Waals surface area contributed by atoms with E-state index in [9.17, 15) is 4.79 Å². The molecule has 106 valence electrons. The van der Waals surface area contributed by atoms with Gasteiger partial charge in [-0.25, -0.2) is 0 Å². The van der Waals surface area contributed by atoms with Gasteiger partial charge in [-0.2, -0.15) is 0 Å². The molecule has 1 fully saturated rings. The number of piperidine rings is 1. The summed E-state index contributed by atoms with van der Waals surface area (Å²) >= 11 is 3.40. The lowest BCUT2D eigenvalue weighted by atomic mass is 9.90. The zero-order valence-corrected chi connectivity index (χ0v) is 13.4. The summed E-state index contributed by atoms with van der Waals surface area (Å²) < 4.78 is 1.05. The van der Waals surface area contributed by atoms with Crippen molar-refractivity contribution < 1.29 is 4.79 Å². The van der Waals surface area contributed by atoms with E-state index in [4.69, 9.17) is 0 Å². The molecule has 1 atom stereocenters. The van der Waals surface area contributed by atoms with E-state index < -0.39 is 5.54 Å². The summed E-state index contributed by atoms with van der Waals surface area (Å²) in [5.41, 5.74) is 0.721. The molecule has 1 aliphatic rings. The molecule has 5 heteroatoms. The van der Waals surface area contributed by atoms with Crippen molar-refractivity contribution in [1.82, 2.24) is 10.6 Å². The van der Waals surface area contributed by atoms with Crippen LogP contribution in [0.15, 0.2) is 28.7 Å². The number of hydrogen-bond donors (Lipinski definition) is 2. The zero-order chi connectivity index (χ0) is 13.0. The lowest BCUT2D eigenvalue weighted by Gasteiger charge is -2.33. The van der Waals surface area contributed by atoms with Gasteiger partial charge in [0.2, 0.25) is 5.91 Å². The topological polar surface area (TPSA) is 41.1 Å². The minimum Gasteiger partial charge on any atom is -0.350 e. The van der Waals surface area contributed by atoms with Crippen molar-refractivity contribution in [3.05, 3.63) is 34.3 Å². The zero-order valence-electron chi connectivity index (χ0n) is 11.0. The van der Waals surface area contributed by atoms with Gasteiger partial charge in [0, 0.05) is 11.0 Å². The van der Waals surface area contributed by atoms with Crippen LogP contribution in [0.4, 0.5) is 0 Å². The van der Waals surface area contributed by atoms with E-state index in [1.54, 1.807) is 0 Å². The van der Waals surface area contributed by atoms with Crippen molar-refractivity contribution >= 4 is 34.2 Å². The van der Waals surface area contributed by atoms with Crippen LogP contribution in [0.3, 0.4) is 0 Å². The highest BCUT2D eigenvalue weighted by molar-refractivity contribution is 9.10. The molecule has 0 bridgehead atoms. The van der Waals surface area contributed by atoms with Crippen molar-refractivity contribution in [3.8, 4) is 0 Å².